The van der Waals surface area contributed by atoms with Crippen LogP contribution in [0.25, 0.3) is 0 Å². The number of nitrogens with one attached hydrogen (secondary N) is 2. The standard InChI is InChI=1S/C20H26FN3O3S.HI/c1-15-5-4-6-19(11-15)27-10-9-23-20(22-2)24-13-17-12-18(21)8-7-16(17)14-28(3,25)26;/h4-8,11-12H,9-10,13-14H2,1-3H3,(H2,22,23,24);1H. The highest BCUT2D eigenvalue weighted by molar-refractivity contribution is 14.0. The minimum Gasteiger partial charge on any atom is -0.492 e. The average molecular weight is 535 g/mol. The molecule has 0 aliphatic carbocycles. The van der Waals surface area contributed by atoms with Crippen LogP contribution in [0.3, 0.4) is 0 Å². The van der Waals surface area contributed by atoms with Crippen LogP contribution >= 0.6 is 24.0 Å². The molecule has 0 bridgehead atoms. The number of hydrogen-bond donors (Lipinski definition) is 2. The third-order valence-electron chi connectivity index (χ3n) is 3.91. The van der Waals surface area contributed by atoms with E-state index in [1.807, 2.05) is 31.2 Å². The van der Waals surface area contributed by atoms with Gasteiger partial charge in [0.25, 0.3) is 0 Å². The van der Waals surface area contributed by atoms with Gasteiger partial charge >= 0.3 is 0 Å². The summed E-state index contributed by atoms with van der Waals surface area (Å²) in [6.07, 6.45) is 1.16. The first-order valence-corrected chi connectivity index (χ1v) is 10.9. The maximum atomic E-state index is 13.6. The van der Waals surface area contributed by atoms with Crippen molar-refractivity contribution in [2.75, 3.05) is 26.5 Å². The molecular weight excluding hydrogens is 508 g/mol. The van der Waals surface area contributed by atoms with Crippen molar-refractivity contribution in [2.45, 2.75) is 19.2 Å². The van der Waals surface area contributed by atoms with Crippen LogP contribution in [-0.4, -0.2) is 40.8 Å². The first-order chi connectivity index (χ1) is 13.3. The Kier molecular flexibility index (Phi) is 10.4. The zero-order chi connectivity index (χ0) is 20.6. The number of hydrogen-bond acceptors (Lipinski definition) is 4. The number of aryl methyl sites for hydroxylation is 1. The molecule has 2 aromatic rings. The van der Waals surface area contributed by atoms with Crippen LogP contribution in [0, 0.1) is 12.7 Å². The van der Waals surface area contributed by atoms with E-state index in [-0.39, 0.29) is 36.3 Å². The smallest absolute Gasteiger partial charge is 0.191 e. The lowest BCUT2D eigenvalue weighted by Crippen LogP contribution is -2.39. The van der Waals surface area contributed by atoms with Gasteiger partial charge in [-0.1, -0.05) is 18.2 Å². The molecule has 0 unspecified atom stereocenters. The van der Waals surface area contributed by atoms with Crippen LogP contribution in [-0.2, 0) is 22.1 Å². The number of benzene rings is 2. The molecule has 2 rings (SSSR count). The van der Waals surface area contributed by atoms with Gasteiger partial charge < -0.3 is 15.4 Å². The molecule has 0 amide bonds. The highest BCUT2D eigenvalue weighted by atomic mass is 127. The minimum atomic E-state index is -3.22. The zero-order valence-electron chi connectivity index (χ0n) is 16.7. The summed E-state index contributed by atoms with van der Waals surface area (Å²) in [5.74, 6) is 0.765. The van der Waals surface area contributed by atoms with E-state index in [0.29, 0.717) is 30.2 Å². The van der Waals surface area contributed by atoms with E-state index >= 15 is 0 Å². The second kappa shape index (κ2) is 12.0. The normalized spacial score (nSPS) is 11.5. The monoisotopic (exact) mass is 535 g/mol. The number of ether oxygens (including phenoxy) is 1. The van der Waals surface area contributed by atoms with Gasteiger partial charge in [-0.2, -0.15) is 0 Å². The second-order valence-electron chi connectivity index (χ2n) is 6.50. The Bertz CT molecular complexity index is 936. The Labute approximate surface area is 188 Å². The predicted molar refractivity (Wildman–Crippen MR) is 125 cm³/mol. The molecule has 0 aliphatic rings. The molecule has 2 aromatic carbocycles. The molecule has 6 nitrogen and oxygen atoms in total. The van der Waals surface area contributed by atoms with Gasteiger partial charge in [0.1, 0.15) is 18.2 Å². The minimum absolute atomic E-state index is 0. The van der Waals surface area contributed by atoms with Crippen molar-refractivity contribution >= 4 is 39.8 Å². The first-order valence-electron chi connectivity index (χ1n) is 8.86. The van der Waals surface area contributed by atoms with Crippen LogP contribution in [0.4, 0.5) is 4.39 Å². The Morgan fingerprint density at radius 2 is 1.90 bits per heavy atom. The topological polar surface area (TPSA) is 79.8 Å². The van der Waals surface area contributed by atoms with E-state index < -0.39 is 15.7 Å². The van der Waals surface area contributed by atoms with Crippen molar-refractivity contribution in [2.24, 2.45) is 4.99 Å². The summed E-state index contributed by atoms with van der Waals surface area (Å²) < 4.78 is 42.4. The van der Waals surface area contributed by atoms with Gasteiger partial charge in [-0.15, -0.1) is 24.0 Å². The summed E-state index contributed by atoms with van der Waals surface area (Å²) in [6.45, 7) is 3.22. The molecule has 0 aliphatic heterocycles. The molecule has 0 saturated carbocycles. The molecule has 160 valence electrons. The summed E-state index contributed by atoms with van der Waals surface area (Å²) in [5.41, 5.74) is 2.27. The molecular formula is C20H27FIN3O3S. The Morgan fingerprint density at radius 1 is 1.14 bits per heavy atom. The van der Waals surface area contributed by atoms with Crippen LogP contribution in [0.2, 0.25) is 0 Å². The number of halogens is 2. The number of sulfone groups is 1. The third-order valence-corrected chi connectivity index (χ3v) is 4.74. The molecule has 0 saturated heterocycles. The average Bonchev–Trinajstić information content (AvgIpc) is 2.62. The molecule has 0 heterocycles. The number of rotatable bonds is 8. The summed E-state index contributed by atoms with van der Waals surface area (Å²) in [4.78, 5) is 4.12. The predicted octanol–water partition coefficient (Wildman–Crippen LogP) is 3.04. The van der Waals surface area contributed by atoms with Crippen molar-refractivity contribution in [3.8, 4) is 5.75 Å². The second-order valence-corrected chi connectivity index (χ2v) is 8.64. The highest BCUT2D eigenvalue weighted by Crippen LogP contribution is 2.14. The van der Waals surface area contributed by atoms with Crippen molar-refractivity contribution < 1.29 is 17.5 Å². The lowest BCUT2D eigenvalue weighted by atomic mass is 10.1. The summed E-state index contributed by atoms with van der Waals surface area (Å²) >= 11 is 0. The van der Waals surface area contributed by atoms with Gasteiger partial charge in [0.15, 0.2) is 15.8 Å². The highest BCUT2D eigenvalue weighted by Gasteiger charge is 2.11. The van der Waals surface area contributed by atoms with Crippen LogP contribution in [0.15, 0.2) is 47.5 Å². The maximum absolute atomic E-state index is 13.6. The lowest BCUT2D eigenvalue weighted by molar-refractivity contribution is 0.321. The largest absolute Gasteiger partial charge is 0.492 e. The number of aliphatic imine (C=N–C) groups is 1. The van der Waals surface area contributed by atoms with Gasteiger partial charge in [-0.25, -0.2) is 12.8 Å². The fraction of sp³-hybridized carbons (Fsp3) is 0.350. The molecule has 2 N–H and O–H groups in total. The van der Waals surface area contributed by atoms with Crippen LogP contribution in [0.5, 0.6) is 5.75 Å². The van der Waals surface area contributed by atoms with Crippen molar-refractivity contribution in [1.82, 2.24) is 10.6 Å². The van der Waals surface area contributed by atoms with Crippen LogP contribution < -0.4 is 15.4 Å². The quantitative estimate of drug-likeness (QED) is 0.235. The Morgan fingerprint density at radius 3 is 2.55 bits per heavy atom. The Balaban J connectivity index is 0.00000420. The van der Waals surface area contributed by atoms with E-state index in [1.165, 1.54) is 18.2 Å². The molecule has 0 radical (unpaired) electrons. The summed E-state index contributed by atoms with van der Waals surface area (Å²) in [5, 5.41) is 6.18. The van der Waals surface area contributed by atoms with Crippen molar-refractivity contribution in [3.63, 3.8) is 0 Å². The molecule has 9 heteroatoms. The van der Waals surface area contributed by atoms with Gasteiger partial charge in [0, 0.05) is 19.8 Å². The fourth-order valence-electron chi connectivity index (χ4n) is 2.63. The van der Waals surface area contributed by atoms with Gasteiger partial charge in [0.05, 0.1) is 12.3 Å². The fourth-order valence-corrected chi connectivity index (χ4v) is 3.47. The van der Waals surface area contributed by atoms with Crippen LogP contribution in [0.1, 0.15) is 16.7 Å². The van der Waals surface area contributed by atoms with E-state index in [1.54, 1.807) is 7.05 Å². The number of nitrogens with zero attached hydrogens (tertiary/aromatic N) is 1. The molecule has 0 fully saturated rings. The van der Waals surface area contributed by atoms with E-state index in [9.17, 15) is 12.8 Å². The van der Waals surface area contributed by atoms with E-state index in [2.05, 4.69) is 15.6 Å². The summed E-state index contributed by atoms with van der Waals surface area (Å²) in [6, 6.07) is 11.9. The molecule has 0 atom stereocenters. The van der Waals surface area contributed by atoms with Crippen molar-refractivity contribution in [1.29, 1.82) is 0 Å². The lowest BCUT2D eigenvalue weighted by Gasteiger charge is -2.14. The third kappa shape index (κ3) is 9.44. The molecule has 0 spiro atoms. The van der Waals surface area contributed by atoms with Crippen molar-refractivity contribution in [3.05, 3.63) is 65.0 Å². The maximum Gasteiger partial charge on any atom is 0.191 e. The van der Waals surface area contributed by atoms with E-state index in [0.717, 1.165) is 17.6 Å². The summed E-state index contributed by atoms with van der Waals surface area (Å²) in [7, 11) is -1.59. The van der Waals surface area contributed by atoms with Gasteiger partial charge in [-0.3, -0.25) is 4.99 Å². The molecule has 0 aromatic heterocycles. The molecule has 29 heavy (non-hydrogen) atoms. The van der Waals surface area contributed by atoms with E-state index in [4.69, 9.17) is 4.74 Å². The SMILES string of the molecule is CN=C(NCCOc1cccc(C)c1)NCc1cc(F)ccc1CS(C)(=O)=O.I. The Hall–Kier alpha value is -1.88. The van der Waals surface area contributed by atoms with Gasteiger partial charge in [-0.05, 0) is 47.9 Å². The van der Waals surface area contributed by atoms with Gasteiger partial charge in [0.2, 0.25) is 0 Å². The number of guanidine groups is 1. The zero-order valence-corrected chi connectivity index (χ0v) is 19.9. The first kappa shape index (κ1) is 25.2.